The van der Waals surface area contributed by atoms with Crippen molar-refractivity contribution in [1.29, 1.82) is 0 Å². The molecular formula is C19H24N4O. The average molecular weight is 324 g/mol. The highest BCUT2D eigenvalue weighted by atomic mass is 16.5. The number of benzene rings is 1. The normalized spacial score (nSPS) is 20.8. The molecule has 5 nitrogen and oxygen atoms in total. The summed E-state index contributed by atoms with van der Waals surface area (Å²) in [7, 11) is 1.70. The van der Waals surface area contributed by atoms with E-state index in [-0.39, 0.29) is 0 Å². The number of nitrogens with zero attached hydrogens (tertiary/aromatic N) is 3. The molecule has 2 aromatic rings. The van der Waals surface area contributed by atoms with E-state index in [1.807, 2.05) is 12.1 Å². The van der Waals surface area contributed by atoms with Crippen LogP contribution < -0.4 is 10.1 Å². The Kier molecular flexibility index (Phi) is 4.45. The Labute approximate surface area is 143 Å². The molecule has 0 bridgehead atoms. The molecule has 126 valence electrons. The molecule has 1 aromatic heterocycles. The lowest BCUT2D eigenvalue weighted by Gasteiger charge is -2.28. The van der Waals surface area contributed by atoms with E-state index in [1.165, 1.54) is 16.8 Å². The average Bonchev–Trinajstić information content (AvgIpc) is 3.17. The number of ether oxygens (including phenoxy) is 1. The fraction of sp³-hybridized carbons (Fsp3) is 0.474. The highest BCUT2D eigenvalue weighted by Crippen LogP contribution is 2.23. The van der Waals surface area contributed by atoms with Gasteiger partial charge in [-0.1, -0.05) is 12.1 Å². The van der Waals surface area contributed by atoms with Crippen molar-refractivity contribution in [3.05, 3.63) is 53.1 Å². The van der Waals surface area contributed by atoms with Gasteiger partial charge in [-0.05, 0) is 30.7 Å². The van der Waals surface area contributed by atoms with Gasteiger partial charge < -0.3 is 10.1 Å². The highest BCUT2D eigenvalue weighted by Gasteiger charge is 2.23. The maximum absolute atomic E-state index is 5.22. The third-order valence-corrected chi connectivity index (χ3v) is 5.02. The molecule has 0 spiro atoms. The molecule has 5 heteroatoms. The zero-order valence-corrected chi connectivity index (χ0v) is 14.2. The standard InChI is InChI=1S/C19H24N4O/c1-24-17-4-2-14(3-5-17)12-23-9-7-18-16(13-23)11-21-19(22-18)15-6-8-20-10-15/h2-5,11,15,20H,6-10,12-13H2,1H3/t15-/m0/s1. The van der Waals surface area contributed by atoms with Crippen LogP contribution in [-0.4, -0.2) is 41.6 Å². The van der Waals surface area contributed by atoms with Gasteiger partial charge in [-0.25, -0.2) is 9.97 Å². The van der Waals surface area contributed by atoms with Crippen LogP contribution in [-0.2, 0) is 19.5 Å². The quantitative estimate of drug-likeness (QED) is 0.933. The van der Waals surface area contributed by atoms with Crippen LogP contribution >= 0.6 is 0 Å². The number of nitrogens with one attached hydrogen (secondary N) is 1. The van der Waals surface area contributed by atoms with Gasteiger partial charge in [0.05, 0.1) is 7.11 Å². The summed E-state index contributed by atoms with van der Waals surface area (Å²) in [4.78, 5) is 12.0. The maximum atomic E-state index is 5.22. The fourth-order valence-corrected chi connectivity index (χ4v) is 3.59. The highest BCUT2D eigenvalue weighted by molar-refractivity contribution is 5.28. The van der Waals surface area contributed by atoms with Crippen LogP contribution in [0, 0.1) is 0 Å². The zero-order valence-electron chi connectivity index (χ0n) is 14.2. The van der Waals surface area contributed by atoms with Crippen LogP contribution in [0.15, 0.2) is 30.5 Å². The second-order valence-corrected chi connectivity index (χ2v) is 6.70. The maximum Gasteiger partial charge on any atom is 0.132 e. The van der Waals surface area contributed by atoms with Crippen LogP contribution in [0.25, 0.3) is 0 Å². The molecule has 0 saturated carbocycles. The van der Waals surface area contributed by atoms with E-state index in [2.05, 4.69) is 33.5 Å². The van der Waals surface area contributed by atoms with Crippen molar-refractivity contribution in [2.24, 2.45) is 0 Å². The molecule has 1 N–H and O–H groups in total. The van der Waals surface area contributed by atoms with Gasteiger partial charge in [-0.2, -0.15) is 0 Å². The van der Waals surface area contributed by atoms with E-state index >= 15 is 0 Å². The first kappa shape index (κ1) is 15.5. The Balaban J connectivity index is 1.43. The van der Waals surface area contributed by atoms with Crippen molar-refractivity contribution in [1.82, 2.24) is 20.2 Å². The third kappa shape index (κ3) is 3.28. The molecule has 2 aliphatic heterocycles. The molecule has 0 unspecified atom stereocenters. The lowest BCUT2D eigenvalue weighted by atomic mass is 10.0. The predicted molar refractivity (Wildman–Crippen MR) is 93.1 cm³/mol. The van der Waals surface area contributed by atoms with Crippen molar-refractivity contribution >= 4 is 0 Å². The largest absolute Gasteiger partial charge is 0.497 e. The second-order valence-electron chi connectivity index (χ2n) is 6.70. The van der Waals surface area contributed by atoms with Gasteiger partial charge in [0, 0.05) is 56.0 Å². The molecule has 3 heterocycles. The van der Waals surface area contributed by atoms with E-state index in [0.29, 0.717) is 5.92 Å². The molecule has 2 aliphatic rings. The number of hydrogen-bond donors (Lipinski definition) is 1. The molecule has 1 aromatic carbocycles. The van der Waals surface area contributed by atoms with Crippen molar-refractivity contribution in [3.8, 4) is 5.75 Å². The Hall–Kier alpha value is -1.98. The number of rotatable bonds is 4. The first-order valence-corrected chi connectivity index (χ1v) is 8.72. The Morgan fingerprint density at radius 1 is 1.29 bits per heavy atom. The minimum absolute atomic E-state index is 0.493. The summed E-state index contributed by atoms with van der Waals surface area (Å²) in [5, 5.41) is 3.40. The first-order chi connectivity index (χ1) is 11.8. The van der Waals surface area contributed by atoms with Crippen LogP contribution in [0.5, 0.6) is 5.75 Å². The minimum atomic E-state index is 0.493. The van der Waals surface area contributed by atoms with E-state index in [9.17, 15) is 0 Å². The van der Waals surface area contributed by atoms with E-state index < -0.39 is 0 Å². The summed E-state index contributed by atoms with van der Waals surface area (Å²) in [6.45, 7) is 5.05. The van der Waals surface area contributed by atoms with Crippen LogP contribution in [0.1, 0.15) is 35.0 Å². The van der Waals surface area contributed by atoms with Gasteiger partial charge >= 0.3 is 0 Å². The molecule has 1 fully saturated rings. The molecule has 1 atom stereocenters. The van der Waals surface area contributed by atoms with Gasteiger partial charge in [0.15, 0.2) is 0 Å². The summed E-state index contributed by atoms with van der Waals surface area (Å²) in [5.41, 5.74) is 3.84. The van der Waals surface area contributed by atoms with Gasteiger partial charge in [-0.15, -0.1) is 0 Å². The van der Waals surface area contributed by atoms with Gasteiger partial charge in [0.1, 0.15) is 11.6 Å². The molecule has 0 amide bonds. The predicted octanol–water partition coefficient (Wildman–Crippen LogP) is 2.12. The molecular weight excluding hydrogens is 300 g/mol. The number of methoxy groups -OCH3 is 1. The number of hydrogen-bond acceptors (Lipinski definition) is 5. The summed E-state index contributed by atoms with van der Waals surface area (Å²) in [5.74, 6) is 2.43. The van der Waals surface area contributed by atoms with Crippen molar-refractivity contribution in [2.75, 3.05) is 26.7 Å². The van der Waals surface area contributed by atoms with Crippen LogP contribution in [0.4, 0.5) is 0 Å². The third-order valence-electron chi connectivity index (χ3n) is 5.02. The van der Waals surface area contributed by atoms with Crippen molar-refractivity contribution in [3.63, 3.8) is 0 Å². The smallest absolute Gasteiger partial charge is 0.132 e. The van der Waals surface area contributed by atoms with Crippen molar-refractivity contribution < 1.29 is 4.74 Å². The SMILES string of the molecule is COc1ccc(CN2CCc3nc([C@H]4CCNC4)ncc3C2)cc1. The van der Waals surface area contributed by atoms with Gasteiger partial charge in [0.25, 0.3) is 0 Å². The summed E-state index contributed by atoms with van der Waals surface area (Å²) in [6, 6.07) is 8.33. The van der Waals surface area contributed by atoms with E-state index in [4.69, 9.17) is 9.72 Å². The summed E-state index contributed by atoms with van der Waals surface area (Å²) >= 11 is 0. The molecule has 1 saturated heterocycles. The van der Waals surface area contributed by atoms with Crippen molar-refractivity contribution in [2.45, 2.75) is 31.8 Å². The van der Waals surface area contributed by atoms with E-state index in [1.54, 1.807) is 7.11 Å². The Morgan fingerprint density at radius 3 is 2.92 bits per heavy atom. The monoisotopic (exact) mass is 324 g/mol. The van der Waals surface area contributed by atoms with E-state index in [0.717, 1.165) is 57.1 Å². The number of fused-ring (bicyclic) bond motifs is 1. The Bertz CT molecular complexity index is 695. The molecule has 0 radical (unpaired) electrons. The first-order valence-electron chi connectivity index (χ1n) is 8.72. The summed E-state index contributed by atoms with van der Waals surface area (Å²) in [6.07, 6.45) is 4.22. The van der Waals surface area contributed by atoms with Crippen LogP contribution in [0.2, 0.25) is 0 Å². The van der Waals surface area contributed by atoms with Gasteiger partial charge in [-0.3, -0.25) is 4.90 Å². The lowest BCUT2D eigenvalue weighted by molar-refractivity contribution is 0.242. The second kappa shape index (κ2) is 6.87. The lowest BCUT2D eigenvalue weighted by Crippen LogP contribution is -2.31. The summed E-state index contributed by atoms with van der Waals surface area (Å²) < 4.78 is 5.22. The minimum Gasteiger partial charge on any atom is -0.497 e. The number of aromatic nitrogens is 2. The molecule has 24 heavy (non-hydrogen) atoms. The topological polar surface area (TPSA) is 50.3 Å². The Morgan fingerprint density at radius 2 is 2.17 bits per heavy atom. The van der Waals surface area contributed by atoms with Gasteiger partial charge in [0.2, 0.25) is 0 Å². The molecule has 4 rings (SSSR count). The van der Waals surface area contributed by atoms with Crippen LogP contribution in [0.3, 0.4) is 0 Å². The fourth-order valence-electron chi connectivity index (χ4n) is 3.59. The zero-order chi connectivity index (χ0) is 16.4. The molecule has 0 aliphatic carbocycles.